The molecule has 0 atom stereocenters. The number of rotatable bonds is 2. The standard InChI is InChI=1S/C12H8BrCl3N2/c13-7-2-1-6(14)3-11(7)18-12-5-9(16)8(15)4-10(12)17/h1-5,18H,17H2. The first kappa shape index (κ1) is 13.8. The topological polar surface area (TPSA) is 38.0 Å². The fourth-order valence-corrected chi connectivity index (χ4v) is 2.26. The van der Waals surface area contributed by atoms with Crippen molar-refractivity contribution in [1.29, 1.82) is 0 Å². The zero-order valence-electron chi connectivity index (χ0n) is 8.98. The molecular formula is C12H8BrCl3N2. The predicted molar refractivity (Wildman–Crippen MR) is 83.3 cm³/mol. The molecule has 18 heavy (non-hydrogen) atoms. The molecule has 0 aliphatic rings. The van der Waals surface area contributed by atoms with Gasteiger partial charge in [0.2, 0.25) is 0 Å². The van der Waals surface area contributed by atoms with E-state index in [1.807, 2.05) is 6.07 Å². The van der Waals surface area contributed by atoms with Crippen LogP contribution in [0.4, 0.5) is 17.1 Å². The normalized spacial score (nSPS) is 10.4. The van der Waals surface area contributed by atoms with E-state index in [9.17, 15) is 0 Å². The number of nitrogens with two attached hydrogens (primary N) is 1. The summed E-state index contributed by atoms with van der Waals surface area (Å²) in [6, 6.07) is 8.69. The summed E-state index contributed by atoms with van der Waals surface area (Å²) in [5.41, 5.74) is 7.85. The van der Waals surface area contributed by atoms with Crippen LogP contribution in [0.25, 0.3) is 0 Å². The minimum Gasteiger partial charge on any atom is -0.397 e. The van der Waals surface area contributed by atoms with Gasteiger partial charge in [0.25, 0.3) is 0 Å². The van der Waals surface area contributed by atoms with Gasteiger partial charge in [0, 0.05) is 9.50 Å². The quantitative estimate of drug-likeness (QED) is 0.666. The van der Waals surface area contributed by atoms with Gasteiger partial charge in [-0.2, -0.15) is 0 Å². The Bertz CT molecular complexity index is 602. The molecule has 0 amide bonds. The van der Waals surface area contributed by atoms with Crippen molar-refractivity contribution in [2.45, 2.75) is 0 Å². The Morgan fingerprint density at radius 1 is 0.944 bits per heavy atom. The molecule has 0 spiro atoms. The minimum atomic E-state index is 0.421. The number of hydrogen-bond acceptors (Lipinski definition) is 2. The Kier molecular flexibility index (Phi) is 4.28. The van der Waals surface area contributed by atoms with E-state index in [4.69, 9.17) is 40.5 Å². The molecule has 0 aliphatic heterocycles. The van der Waals surface area contributed by atoms with Gasteiger partial charge in [0.1, 0.15) is 0 Å². The van der Waals surface area contributed by atoms with Crippen LogP contribution >= 0.6 is 50.7 Å². The maximum Gasteiger partial charge on any atom is 0.0634 e. The van der Waals surface area contributed by atoms with Crippen LogP contribution in [0.2, 0.25) is 15.1 Å². The fourth-order valence-electron chi connectivity index (χ4n) is 1.41. The molecule has 0 saturated heterocycles. The number of hydrogen-bond donors (Lipinski definition) is 2. The second kappa shape index (κ2) is 5.57. The lowest BCUT2D eigenvalue weighted by Crippen LogP contribution is -1.97. The summed E-state index contributed by atoms with van der Waals surface area (Å²) in [6.45, 7) is 0. The van der Waals surface area contributed by atoms with Gasteiger partial charge in [0.15, 0.2) is 0 Å². The zero-order valence-corrected chi connectivity index (χ0v) is 12.8. The number of benzene rings is 2. The third-order valence-corrected chi connectivity index (χ3v) is 3.94. The summed E-state index contributed by atoms with van der Waals surface area (Å²) in [5, 5.41) is 4.63. The zero-order chi connectivity index (χ0) is 13.3. The van der Waals surface area contributed by atoms with Crippen LogP contribution in [-0.4, -0.2) is 0 Å². The van der Waals surface area contributed by atoms with E-state index in [-0.39, 0.29) is 0 Å². The highest BCUT2D eigenvalue weighted by Crippen LogP contribution is 2.35. The van der Waals surface area contributed by atoms with Crippen molar-refractivity contribution in [3.05, 3.63) is 49.9 Å². The van der Waals surface area contributed by atoms with Crippen molar-refractivity contribution in [2.24, 2.45) is 0 Å². The summed E-state index contributed by atoms with van der Waals surface area (Å²) in [7, 11) is 0. The summed E-state index contributed by atoms with van der Waals surface area (Å²) < 4.78 is 0.873. The highest BCUT2D eigenvalue weighted by atomic mass is 79.9. The fraction of sp³-hybridized carbons (Fsp3) is 0. The molecule has 2 aromatic rings. The molecular weight excluding hydrogens is 358 g/mol. The third-order valence-electron chi connectivity index (χ3n) is 2.29. The average molecular weight is 366 g/mol. The van der Waals surface area contributed by atoms with Crippen molar-refractivity contribution < 1.29 is 0 Å². The molecule has 2 aromatic carbocycles. The first-order valence-corrected chi connectivity index (χ1v) is 6.86. The van der Waals surface area contributed by atoms with Gasteiger partial charge in [-0.1, -0.05) is 34.8 Å². The Labute approximate surface area is 128 Å². The van der Waals surface area contributed by atoms with E-state index < -0.39 is 0 Å². The van der Waals surface area contributed by atoms with Crippen LogP contribution in [0.1, 0.15) is 0 Å². The van der Waals surface area contributed by atoms with Crippen molar-refractivity contribution in [1.82, 2.24) is 0 Å². The largest absolute Gasteiger partial charge is 0.397 e. The van der Waals surface area contributed by atoms with Gasteiger partial charge in [0.05, 0.1) is 27.1 Å². The maximum atomic E-state index is 5.96. The third kappa shape index (κ3) is 3.04. The van der Waals surface area contributed by atoms with Crippen molar-refractivity contribution in [2.75, 3.05) is 11.1 Å². The van der Waals surface area contributed by atoms with Crippen LogP contribution < -0.4 is 11.1 Å². The molecule has 3 N–H and O–H groups in total. The van der Waals surface area contributed by atoms with Gasteiger partial charge in [-0.3, -0.25) is 0 Å². The SMILES string of the molecule is Nc1cc(Cl)c(Cl)cc1Nc1cc(Cl)ccc1Br. The van der Waals surface area contributed by atoms with Gasteiger partial charge >= 0.3 is 0 Å². The van der Waals surface area contributed by atoms with Crippen molar-refractivity contribution in [3.8, 4) is 0 Å². The van der Waals surface area contributed by atoms with E-state index in [0.717, 1.165) is 10.2 Å². The van der Waals surface area contributed by atoms with E-state index >= 15 is 0 Å². The van der Waals surface area contributed by atoms with Crippen molar-refractivity contribution >= 4 is 67.8 Å². The van der Waals surface area contributed by atoms with Crippen LogP contribution in [0.15, 0.2) is 34.8 Å². The smallest absolute Gasteiger partial charge is 0.0634 e. The molecule has 6 heteroatoms. The van der Waals surface area contributed by atoms with Gasteiger partial charge in [-0.15, -0.1) is 0 Å². The van der Waals surface area contributed by atoms with E-state index in [0.29, 0.717) is 26.4 Å². The first-order valence-electron chi connectivity index (χ1n) is 4.94. The highest BCUT2D eigenvalue weighted by molar-refractivity contribution is 9.10. The molecule has 0 aromatic heterocycles. The molecule has 0 fully saturated rings. The Morgan fingerprint density at radius 2 is 1.61 bits per heavy atom. The van der Waals surface area contributed by atoms with Crippen LogP contribution in [0, 0.1) is 0 Å². The highest BCUT2D eigenvalue weighted by Gasteiger charge is 2.07. The molecule has 0 bridgehead atoms. The minimum absolute atomic E-state index is 0.421. The van der Waals surface area contributed by atoms with E-state index in [1.54, 1.807) is 24.3 Å². The monoisotopic (exact) mass is 364 g/mol. The Morgan fingerprint density at radius 3 is 2.33 bits per heavy atom. The lowest BCUT2D eigenvalue weighted by atomic mass is 10.2. The second-order valence-corrected chi connectivity index (χ2v) is 5.71. The number of nitrogen functional groups attached to an aromatic ring is 1. The molecule has 94 valence electrons. The second-order valence-electron chi connectivity index (χ2n) is 3.60. The van der Waals surface area contributed by atoms with E-state index in [2.05, 4.69) is 21.2 Å². The van der Waals surface area contributed by atoms with Gasteiger partial charge < -0.3 is 11.1 Å². The molecule has 2 rings (SSSR count). The van der Waals surface area contributed by atoms with Gasteiger partial charge in [-0.05, 0) is 46.3 Å². The molecule has 0 radical (unpaired) electrons. The Balaban J connectivity index is 2.40. The maximum absolute atomic E-state index is 5.96. The molecule has 0 aliphatic carbocycles. The van der Waals surface area contributed by atoms with Crippen LogP contribution in [-0.2, 0) is 0 Å². The first-order chi connectivity index (χ1) is 8.47. The summed E-state index contributed by atoms with van der Waals surface area (Å²) >= 11 is 21.2. The van der Waals surface area contributed by atoms with Crippen LogP contribution in [0.5, 0.6) is 0 Å². The molecule has 0 unspecified atom stereocenters. The molecule has 0 heterocycles. The van der Waals surface area contributed by atoms with E-state index in [1.165, 1.54) is 0 Å². The number of anilines is 3. The van der Waals surface area contributed by atoms with Crippen molar-refractivity contribution in [3.63, 3.8) is 0 Å². The number of nitrogens with one attached hydrogen (secondary N) is 1. The number of halogens is 4. The van der Waals surface area contributed by atoms with Gasteiger partial charge in [-0.25, -0.2) is 0 Å². The Hall–Kier alpha value is -0.610. The average Bonchev–Trinajstić information content (AvgIpc) is 2.30. The van der Waals surface area contributed by atoms with Crippen LogP contribution in [0.3, 0.4) is 0 Å². The summed E-state index contributed by atoms with van der Waals surface area (Å²) in [4.78, 5) is 0. The lowest BCUT2D eigenvalue weighted by Gasteiger charge is -2.12. The summed E-state index contributed by atoms with van der Waals surface area (Å²) in [6.07, 6.45) is 0. The predicted octanol–water partition coefficient (Wildman–Crippen LogP) is 5.74. The molecule has 2 nitrogen and oxygen atoms in total. The lowest BCUT2D eigenvalue weighted by molar-refractivity contribution is 1.52. The molecule has 0 saturated carbocycles. The summed E-state index contributed by atoms with van der Waals surface area (Å²) in [5.74, 6) is 0.